The second-order valence-electron chi connectivity index (χ2n) is 7.79. The van der Waals surface area contributed by atoms with Crippen LogP contribution in [0.3, 0.4) is 0 Å². The molecule has 166 valence electrons. The Kier molecular flexibility index (Phi) is 5.11. The van der Waals surface area contributed by atoms with Crippen molar-refractivity contribution in [2.24, 2.45) is 0 Å². The number of aromatic nitrogens is 3. The fourth-order valence-electron chi connectivity index (χ4n) is 4.05. The number of H-pyrrole nitrogens is 1. The van der Waals surface area contributed by atoms with E-state index in [9.17, 15) is 18.0 Å². The number of halogens is 1. The summed E-state index contributed by atoms with van der Waals surface area (Å²) in [6, 6.07) is 8.44. The van der Waals surface area contributed by atoms with E-state index in [1.165, 1.54) is 17.4 Å². The highest BCUT2D eigenvalue weighted by molar-refractivity contribution is 7.91. The molecule has 1 unspecified atom stereocenters. The van der Waals surface area contributed by atoms with Crippen molar-refractivity contribution >= 4 is 59.9 Å². The standard InChI is InChI=1S/C21H18ClN3O5S2/c1-11-17-15(26)8-12(23-20(17)25(24-11)13-6-7-32(28,29)10-13)9-30-21(27)19-18(22)14-4-2-3-5-16(14)31-19/h2-5,8,13H,6-7,9-10H2,1H3,(H,23,26). The van der Waals surface area contributed by atoms with Crippen LogP contribution in [0.5, 0.6) is 0 Å². The average Bonchev–Trinajstić information content (AvgIpc) is 3.39. The number of pyridine rings is 1. The second kappa shape index (κ2) is 7.72. The fourth-order valence-corrected chi connectivity index (χ4v) is 7.14. The number of rotatable bonds is 4. The molecule has 0 aliphatic carbocycles. The minimum atomic E-state index is -3.12. The minimum absolute atomic E-state index is 0.0189. The number of ether oxygens (including phenoxy) is 1. The fraction of sp³-hybridized carbons (Fsp3) is 0.286. The number of hydrogen-bond donors (Lipinski definition) is 1. The lowest BCUT2D eigenvalue weighted by molar-refractivity contribution is 0.0474. The van der Waals surface area contributed by atoms with E-state index in [1.54, 1.807) is 11.6 Å². The molecule has 0 amide bonds. The first kappa shape index (κ1) is 21.2. The van der Waals surface area contributed by atoms with Crippen molar-refractivity contribution in [1.29, 1.82) is 0 Å². The van der Waals surface area contributed by atoms with Gasteiger partial charge in [0.25, 0.3) is 0 Å². The van der Waals surface area contributed by atoms with E-state index in [2.05, 4.69) is 10.1 Å². The van der Waals surface area contributed by atoms with Crippen LogP contribution in [0.2, 0.25) is 5.02 Å². The molecule has 0 radical (unpaired) electrons. The summed E-state index contributed by atoms with van der Waals surface area (Å²) in [6.07, 6.45) is 0.435. The molecular weight excluding hydrogens is 474 g/mol. The third-order valence-electron chi connectivity index (χ3n) is 5.55. The predicted octanol–water partition coefficient (Wildman–Crippen LogP) is 3.62. The number of thiophene rings is 1. The summed E-state index contributed by atoms with van der Waals surface area (Å²) in [5.74, 6) is -0.506. The topological polar surface area (TPSA) is 111 Å². The number of carbonyl (C=O) groups excluding carboxylic acids is 1. The van der Waals surface area contributed by atoms with Crippen molar-refractivity contribution in [3.63, 3.8) is 0 Å². The zero-order chi connectivity index (χ0) is 22.6. The van der Waals surface area contributed by atoms with Crippen molar-refractivity contribution < 1.29 is 17.9 Å². The van der Waals surface area contributed by atoms with E-state index in [0.717, 1.165) is 10.1 Å². The number of nitrogens with zero attached hydrogens (tertiary/aromatic N) is 2. The largest absolute Gasteiger partial charge is 0.455 e. The van der Waals surface area contributed by atoms with Crippen LogP contribution < -0.4 is 5.43 Å². The van der Waals surface area contributed by atoms with Crippen molar-refractivity contribution in [3.05, 3.63) is 61.8 Å². The summed E-state index contributed by atoms with van der Waals surface area (Å²) in [5.41, 5.74) is 1.07. The van der Waals surface area contributed by atoms with Crippen LogP contribution in [0, 0.1) is 6.92 Å². The molecular formula is C21H18ClN3O5S2. The molecule has 1 atom stereocenters. The van der Waals surface area contributed by atoms with Gasteiger partial charge in [0.1, 0.15) is 17.1 Å². The molecule has 4 aromatic rings. The number of esters is 1. The lowest BCUT2D eigenvalue weighted by Gasteiger charge is -2.11. The van der Waals surface area contributed by atoms with Crippen LogP contribution in [0.4, 0.5) is 0 Å². The lowest BCUT2D eigenvalue weighted by atomic mass is 10.2. The first-order valence-electron chi connectivity index (χ1n) is 9.89. The highest BCUT2D eigenvalue weighted by Gasteiger charge is 2.31. The summed E-state index contributed by atoms with van der Waals surface area (Å²) in [7, 11) is -3.12. The average molecular weight is 492 g/mol. The molecule has 0 spiro atoms. The Labute approximate surface area is 191 Å². The summed E-state index contributed by atoms with van der Waals surface area (Å²) in [6.45, 7) is 1.54. The van der Waals surface area contributed by atoms with Gasteiger partial charge in [-0.25, -0.2) is 17.9 Å². The molecule has 1 aromatic carbocycles. The Morgan fingerprint density at radius 3 is 2.88 bits per heavy atom. The van der Waals surface area contributed by atoms with Gasteiger partial charge in [-0.05, 0) is 19.4 Å². The van der Waals surface area contributed by atoms with Crippen molar-refractivity contribution in [1.82, 2.24) is 14.8 Å². The first-order valence-corrected chi connectivity index (χ1v) is 12.9. The van der Waals surface area contributed by atoms with E-state index in [-0.39, 0.29) is 29.6 Å². The van der Waals surface area contributed by atoms with Crippen molar-refractivity contribution in [2.75, 3.05) is 11.5 Å². The smallest absolute Gasteiger partial charge is 0.350 e. The maximum atomic E-state index is 12.7. The Morgan fingerprint density at radius 1 is 1.38 bits per heavy atom. The molecule has 1 aliphatic heterocycles. The molecule has 0 saturated carbocycles. The molecule has 3 aromatic heterocycles. The summed E-state index contributed by atoms with van der Waals surface area (Å²) >= 11 is 7.59. The summed E-state index contributed by atoms with van der Waals surface area (Å²) in [4.78, 5) is 28.8. The third kappa shape index (κ3) is 3.62. The zero-order valence-corrected chi connectivity index (χ0v) is 19.3. The summed E-state index contributed by atoms with van der Waals surface area (Å²) < 4.78 is 31.7. The molecule has 8 nitrogen and oxygen atoms in total. The van der Waals surface area contributed by atoms with E-state index >= 15 is 0 Å². The first-order chi connectivity index (χ1) is 15.2. The monoisotopic (exact) mass is 491 g/mol. The normalized spacial score (nSPS) is 17.9. The van der Waals surface area contributed by atoms with E-state index in [1.807, 2.05) is 24.3 Å². The molecule has 11 heteroatoms. The molecule has 1 aliphatic rings. The number of sulfone groups is 1. The zero-order valence-electron chi connectivity index (χ0n) is 16.9. The quantitative estimate of drug-likeness (QED) is 0.436. The molecule has 1 fully saturated rings. The number of fused-ring (bicyclic) bond motifs is 2. The van der Waals surface area contributed by atoms with Gasteiger partial charge in [-0.2, -0.15) is 5.10 Å². The van der Waals surface area contributed by atoms with E-state index in [4.69, 9.17) is 16.3 Å². The van der Waals surface area contributed by atoms with Crippen LogP contribution in [0.25, 0.3) is 21.1 Å². The Balaban J connectivity index is 1.44. The van der Waals surface area contributed by atoms with Gasteiger partial charge in [-0.3, -0.25) is 4.79 Å². The number of aryl methyl sites for hydroxylation is 1. The van der Waals surface area contributed by atoms with Crippen molar-refractivity contribution in [3.8, 4) is 0 Å². The maximum absolute atomic E-state index is 12.7. The highest BCUT2D eigenvalue weighted by atomic mass is 35.5. The Morgan fingerprint density at radius 2 is 2.16 bits per heavy atom. The van der Waals surface area contributed by atoms with Gasteiger partial charge in [0.2, 0.25) is 0 Å². The van der Waals surface area contributed by atoms with Gasteiger partial charge in [0.05, 0.1) is 39.3 Å². The molecule has 1 saturated heterocycles. The number of hydrogen-bond acceptors (Lipinski definition) is 7. The molecule has 32 heavy (non-hydrogen) atoms. The van der Waals surface area contributed by atoms with Gasteiger partial charge in [-0.15, -0.1) is 11.3 Å². The SMILES string of the molecule is Cc1nn(C2CCS(=O)(=O)C2)c2[nH]c(COC(=O)c3sc4ccccc4c3Cl)cc(=O)c12. The molecule has 0 bridgehead atoms. The Bertz CT molecular complexity index is 1550. The molecule has 1 N–H and O–H groups in total. The van der Waals surface area contributed by atoms with Crippen LogP contribution >= 0.6 is 22.9 Å². The predicted molar refractivity (Wildman–Crippen MR) is 123 cm³/mol. The Hall–Kier alpha value is -2.69. The van der Waals surface area contributed by atoms with Gasteiger partial charge < -0.3 is 9.72 Å². The summed E-state index contributed by atoms with van der Waals surface area (Å²) in [5, 5.41) is 5.94. The number of nitrogens with one attached hydrogen (secondary N) is 1. The van der Waals surface area contributed by atoms with Crippen LogP contribution in [-0.2, 0) is 21.2 Å². The van der Waals surface area contributed by atoms with Crippen molar-refractivity contribution in [2.45, 2.75) is 26.0 Å². The second-order valence-corrected chi connectivity index (χ2v) is 11.4. The van der Waals surface area contributed by atoms with Crippen LogP contribution in [0.1, 0.15) is 33.5 Å². The van der Waals surface area contributed by atoms with Gasteiger partial charge in [-0.1, -0.05) is 29.8 Å². The number of benzene rings is 1. The third-order valence-corrected chi connectivity index (χ3v) is 8.96. The number of carbonyl (C=O) groups is 1. The molecule has 5 rings (SSSR count). The van der Waals surface area contributed by atoms with Crippen LogP contribution in [-0.4, -0.2) is 40.7 Å². The van der Waals surface area contributed by atoms with E-state index < -0.39 is 15.8 Å². The lowest BCUT2D eigenvalue weighted by Crippen LogP contribution is -2.15. The maximum Gasteiger partial charge on any atom is 0.350 e. The van der Waals surface area contributed by atoms with Crippen LogP contribution in [0.15, 0.2) is 35.1 Å². The van der Waals surface area contributed by atoms with Gasteiger partial charge >= 0.3 is 5.97 Å². The van der Waals surface area contributed by atoms with E-state index in [0.29, 0.717) is 38.7 Å². The van der Waals surface area contributed by atoms with Gasteiger partial charge in [0, 0.05) is 16.2 Å². The molecule has 4 heterocycles. The minimum Gasteiger partial charge on any atom is -0.455 e. The number of aromatic amines is 1. The highest BCUT2D eigenvalue weighted by Crippen LogP contribution is 2.35. The van der Waals surface area contributed by atoms with Gasteiger partial charge in [0.15, 0.2) is 15.3 Å².